The Morgan fingerprint density at radius 2 is 1.86 bits per heavy atom. The molecule has 1 amide bonds. The molecule has 11 nitrogen and oxygen atoms in total. The van der Waals surface area contributed by atoms with Crippen LogP contribution in [-0.4, -0.2) is 98.2 Å². The highest BCUT2D eigenvalue weighted by Gasteiger charge is 2.30. The summed E-state index contributed by atoms with van der Waals surface area (Å²) < 4.78 is 38.8. The number of nitrogens with one attached hydrogen (secondary N) is 1. The van der Waals surface area contributed by atoms with Crippen LogP contribution in [0.5, 0.6) is 5.75 Å². The van der Waals surface area contributed by atoms with Crippen LogP contribution in [0.2, 0.25) is 0 Å². The van der Waals surface area contributed by atoms with Crippen LogP contribution in [0.4, 0.5) is 5.69 Å². The zero-order chi connectivity index (χ0) is 31.7. The van der Waals surface area contributed by atoms with Crippen molar-refractivity contribution in [2.75, 3.05) is 44.3 Å². The summed E-state index contributed by atoms with van der Waals surface area (Å²) in [6.45, 7) is 7.42. The maximum Gasteiger partial charge on any atom is 0.335 e. The maximum absolute atomic E-state index is 14.1. The minimum Gasteiger partial charge on any atom is -0.490 e. The van der Waals surface area contributed by atoms with Gasteiger partial charge in [0.2, 0.25) is 10.0 Å². The molecule has 0 saturated heterocycles. The standard InChI is InChI=1S/C31H45N3O8S/c1-21-17-34(22(2)20-35)30(36)27-16-26(32-43(5,39)40)13-14-28(27)42-23(3)8-6-7-15-41-29(21)19-33(4)18-24-9-11-25(12-10-24)31(37)38/h9-14,16,21-23,29,32,35H,6-8,15,17-20H2,1-5H3,(H,37,38)/t21-,22-,23+,29-/m1/s1. The van der Waals surface area contributed by atoms with E-state index < -0.39 is 22.0 Å². The van der Waals surface area contributed by atoms with Crippen molar-refractivity contribution in [2.45, 2.75) is 64.8 Å². The summed E-state index contributed by atoms with van der Waals surface area (Å²) in [5.41, 5.74) is 1.66. The first-order valence-corrected chi connectivity index (χ1v) is 16.5. The highest BCUT2D eigenvalue weighted by atomic mass is 32.2. The second-order valence-corrected chi connectivity index (χ2v) is 13.3. The van der Waals surface area contributed by atoms with E-state index in [9.17, 15) is 28.2 Å². The van der Waals surface area contributed by atoms with E-state index in [2.05, 4.69) is 9.62 Å². The summed E-state index contributed by atoms with van der Waals surface area (Å²) in [5.74, 6) is -1.11. The zero-order valence-electron chi connectivity index (χ0n) is 25.7. The van der Waals surface area contributed by atoms with Crippen molar-refractivity contribution in [3.05, 3.63) is 59.2 Å². The van der Waals surface area contributed by atoms with Crippen molar-refractivity contribution in [3.63, 3.8) is 0 Å². The van der Waals surface area contributed by atoms with Crippen LogP contribution < -0.4 is 9.46 Å². The minimum absolute atomic E-state index is 0.127. The molecule has 0 saturated carbocycles. The van der Waals surface area contributed by atoms with E-state index in [1.807, 2.05) is 20.9 Å². The van der Waals surface area contributed by atoms with Gasteiger partial charge in [-0.1, -0.05) is 19.1 Å². The highest BCUT2D eigenvalue weighted by Crippen LogP contribution is 2.29. The van der Waals surface area contributed by atoms with E-state index in [0.29, 0.717) is 25.4 Å². The van der Waals surface area contributed by atoms with Gasteiger partial charge < -0.3 is 24.6 Å². The Morgan fingerprint density at radius 1 is 1.16 bits per heavy atom. The predicted molar refractivity (Wildman–Crippen MR) is 165 cm³/mol. The quantitative estimate of drug-likeness (QED) is 0.383. The number of amides is 1. The van der Waals surface area contributed by atoms with Gasteiger partial charge in [0.15, 0.2) is 0 Å². The second kappa shape index (κ2) is 15.5. The Morgan fingerprint density at radius 3 is 2.49 bits per heavy atom. The number of anilines is 1. The van der Waals surface area contributed by atoms with Crippen LogP contribution in [0.3, 0.4) is 0 Å². The Balaban J connectivity index is 1.89. The number of sulfonamides is 1. The lowest BCUT2D eigenvalue weighted by Gasteiger charge is -2.36. The van der Waals surface area contributed by atoms with Gasteiger partial charge >= 0.3 is 5.97 Å². The number of carboxylic acids is 1. The van der Waals surface area contributed by atoms with Gasteiger partial charge in [-0.25, -0.2) is 13.2 Å². The van der Waals surface area contributed by atoms with E-state index >= 15 is 0 Å². The SMILES string of the molecule is C[C@@H]1CN([C@H](C)CO)C(=O)c2cc(NS(C)(=O)=O)ccc2O[C@@H](C)CCCCO[C@@H]1CN(C)Cc1ccc(C(=O)O)cc1. The van der Waals surface area contributed by atoms with E-state index in [1.165, 1.54) is 6.07 Å². The number of aliphatic hydroxyl groups excluding tert-OH is 1. The summed E-state index contributed by atoms with van der Waals surface area (Å²) in [5, 5.41) is 19.3. The van der Waals surface area contributed by atoms with Crippen molar-refractivity contribution >= 4 is 27.6 Å². The first-order valence-electron chi connectivity index (χ1n) is 14.6. The predicted octanol–water partition coefficient (Wildman–Crippen LogP) is 3.68. The minimum atomic E-state index is -3.57. The smallest absolute Gasteiger partial charge is 0.335 e. The second-order valence-electron chi connectivity index (χ2n) is 11.6. The molecule has 1 aliphatic heterocycles. The van der Waals surface area contributed by atoms with Crippen molar-refractivity contribution in [1.29, 1.82) is 0 Å². The van der Waals surface area contributed by atoms with Crippen molar-refractivity contribution in [3.8, 4) is 5.75 Å². The van der Waals surface area contributed by atoms with Gasteiger partial charge in [-0.2, -0.15) is 0 Å². The summed E-state index contributed by atoms with van der Waals surface area (Å²) in [6.07, 6.45) is 3.04. The molecular formula is C31H45N3O8S. The van der Waals surface area contributed by atoms with Gasteiger partial charge in [-0.05, 0) is 76.1 Å². The summed E-state index contributed by atoms with van der Waals surface area (Å²) in [4.78, 5) is 29.0. The normalized spacial score (nSPS) is 21.4. The number of nitrogens with zero attached hydrogens (tertiary/aromatic N) is 2. The van der Waals surface area contributed by atoms with E-state index in [4.69, 9.17) is 9.47 Å². The summed E-state index contributed by atoms with van der Waals surface area (Å²) in [7, 11) is -1.61. The Labute approximate surface area is 254 Å². The number of hydrogen-bond donors (Lipinski definition) is 3. The molecule has 3 rings (SSSR count). The molecule has 43 heavy (non-hydrogen) atoms. The topological polar surface area (TPSA) is 146 Å². The lowest BCUT2D eigenvalue weighted by atomic mass is 10.0. The van der Waals surface area contributed by atoms with Crippen molar-refractivity contribution in [2.24, 2.45) is 5.92 Å². The van der Waals surface area contributed by atoms with Gasteiger partial charge in [0.05, 0.1) is 42.2 Å². The van der Waals surface area contributed by atoms with Gasteiger partial charge in [-0.3, -0.25) is 14.4 Å². The average Bonchev–Trinajstić information content (AvgIpc) is 2.94. The number of ether oxygens (including phenoxy) is 2. The molecule has 2 aromatic rings. The van der Waals surface area contributed by atoms with E-state index in [1.54, 1.807) is 48.2 Å². The number of fused-ring (bicyclic) bond motifs is 1. The summed E-state index contributed by atoms with van der Waals surface area (Å²) >= 11 is 0. The van der Waals surface area contributed by atoms with Crippen LogP contribution in [-0.2, 0) is 21.3 Å². The van der Waals surface area contributed by atoms with Crippen molar-refractivity contribution < 1.29 is 37.7 Å². The lowest BCUT2D eigenvalue weighted by molar-refractivity contribution is -0.0177. The van der Waals surface area contributed by atoms with Gasteiger partial charge in [0.25, 0.3) is 5.91 Å². The maximum atomic E-state index is 14.1. The number of carbonyl (C=O) groups is 2. The Kier molecular flexibility index (Phi) is 12.4. The Hall–Kier alpha value is -3.19. The van der Waals surface area contributed by atoms with Crippen LogP contribution >= 0.6 is 0 Å². The number of likely N-dealkylation sites (N-methyl/N-ethyl adjacent to an activating group) is 1. The zero-order valence-corrected chi connectivity index (χ0v) is 26.5. The fraction of sp³-hybridized carbons (Fsp3) is 0.548. The lowest BCUT2D eigenvalue weighted by Crippen LogP contribution is -2.47. The number of benzene rings is 2. The highest BCUT2D eigenvalue weighted by molar-refractivity contribution is 7.92. The number of aliphatic hydroxyl groups is 1. The molecule has 2 aromatic carbocycles. The molecule has 3 N–H and O–H groups in total. The third kappa shape index (κ3) is 10.5. The number of hydrogen-bond acceptors (Lipinski definition) is 8. The molecule has 0 radical (unpaired) electrons. The van der Waals surface area contributed by atoms with Gasteiger partial charge in [0, 0.05) is 37.8 Å². The molecule has 0 fully saturated rings. The number of rotatable bonds is 9. The summed E-state index contributed by atoms with van der Waals surface area (Å²) in [6, 6.07) is 10.9. The molecule has 4 atom stereocenters. The molecular weight excluding hydrogens is 574 g/mol. The number of aromatic carboxylic acids is 1. The van der Waals surface area contributed by atoms with Crippen LogP contribution in [0.25, 0.3) is 0 Å². The van der Waals surface area contributed by atoms with Crippen LogP contribution in [0.1, 0.15) is 66.3 Å². The third-order valence-corrected chi connectivity index (χ3v) is 8.11. The Bertz CT molecular complexity index is 1340. The van der Waals surface area contributed by atoms with Gasteiger partial charge in [0.1, 0.15) is 5.75 Å². The fourth-order valence-electron chi connectivity index (χ4n) is 5.10. The van der Waals surface area contributed by atoms with Crippen LogP contribution in [0.15, 0.2) is 42.5 Å². The van der Waals surface area contributed by atoms with Gasteiger partial charge in [-0.15, -0.1) is 0 Å². The monoisotopic (exact) mass is 619 g/mol. The molecule has 238 valence electrons. The average molecular weight is 620 g/mol. The molecule has 0 aromatic heterocycles. The number of carbonyl (C=O) groups excluding carboxylic acids is 1. The molecule has 12 heteroatoms. The first kappa shape index (κ1) is 34.3. The molecule has 0 aliphatic carbocycles. The third-order valence-electron chi connectivity index (χ3n) is 7.50. The number of carboxylic acid groups (broad SMARTS) is 1. The first-order chi connectivity index (χ1) is 20.3. The molecule has 0 bridgehead atoms. The largest absolute Gasteiger partial charge is 0.490 e. The van der Waals surface area contributed by atoms with E-state index in [0.717, 1.165) is 31.1 Å². The van der Waals surface area contributed by atoms with E-state index in [-0.39, 0.29) is 54.0 Å². The fourth-order valence-corrected chi connectivity index (χ4v) is 5.65. The van der Waals surface area contributed by atoms with Crippen LogP contribution in [0, 0.1) is 5.92 Å². The molecule has 0 spiro atoms. The van der Waals surface area contributed by atoms with Crippen molar-refractivity contribution in [1.82, 2.24) is 9.80 Å². The molecule has 0 unspecified atom stereocenters. The molecule has 1 heterocycles. The molecule has 1 aliphatic rings.